The van der Waals surface area contributed by atoms with E-state index >= 15 is 0 Å². The number of nitrogens with zero attached hydrogens (tertiary/aromatic N) is 1. The predicted octanol–water partition coefficient (Wildman–Crippen LogP) is 1.21. The maximum absolute atomic E-state index is 11.4. The summed E-state index contributed by atoms with van der Waals surface area (Å²) in [4.78, 5) is 13.6. The van der Waals surface area contributed by atoms with Crippen LogP contribution in [0.2, 0.25) is 0 Å². The largest absolute Gasteiger partial charge is 0.467 e. The Balaban J connectivity index is 2.54. The van der Waals surface area contributed by atoms with Crippen LogP contribution in [0.1, 0.15) is 20.8 Å². The Kier molecular flexibility index (Phi) is 4.96. The smallest absolute Gasteiger partial charge is 0.336 e. The average molecular weight is 227 g/mol. The number of morpholine rings is 1. The molecule has 0 aliphatic carbocycles. The number of esters is 1. The first kappa shape index (κ1) is 13.2. The van der Waals surface area contributed by atoms with Gasteiger partial charge in [-0.2, -0.15) is 0 Å². The fourth-order valence-corrected chi connectivity index (χ4v) is 1.76. The summed E-state index contributed by atoms with van der Waals surface area (Å²) in [7, 11) is 1.39. The molecular weight excluding hydrogens is 206 g/mol. The number of hydrogen-bond donors (Lipinski definition) is 0. The van der Waals surface area contributed by atoms with Gasteiger partial charge in [0.15, 0.2) is 6.10 Å². The van der Waals surface area contributed by atoms with Crippen LogP contribution in [-0.4, -0.2) is 49.8 Å². The predicted molar refractivity (Wildman–Crippen MR) is 62.2 cm³/mol. The van der Waals surface area contributed by atoms with E-state index in [9.17, 15) is 4.79 Å². The van der Waals surface area contributed by atoms with Gasteiger partial charge in [0.2, 0.25) is 0 Å². The molecule has 1 heterocycles. The molecule has 1 saturated heterocycles. The summed E-state index contributed by atoms with van der Waals surface area (Å²) in [6, 6.07) is 0. The van der Waals surface area contributed by atoms with Crippen molar-refractivity contribution in [2.24, 2.45) is 0 Å². The third-order valence-electron chi connectivity index (χ3n) is 2.56. The maximum Gasteiger partial charge on any atom is 0.336 e. The fourth-order valence-electron chi connectivity index (χ4n) is 1.76. The lowest BCUT2D eigenvalue weighted by Gasteiger charge is -2.34. The first-order valence-electron chi connectivity index (χ1n) is 5.62. The highest BCUT2D eigenvalue weighted by Gasteiger charge is 2.30. The highest BCUT2D eigenvalue weighted by molar-refractivity contribution is 5.74. The number of rotatable bonds is 3. The Morgan fingerprint density at radius 3 is 2.75 bits per heavy atom. The van der Waals surface area contributed by atoms with Gasteiger partial charge in [0.1, 0.15) is 0 Å². The molecule has 1 aliphatic rings. The molecule has 0 unspecified atom stereocenters. The van der Waals surface area contributed by atoms with Crippen molar-refractivity contribution >= 4 is 5.97 Å². The second kappa shape index (κ2) is 6.01. The van der Waals surface area contributed by atoms with Crippen LogP contribution >= 0.6 is 0 Å². The third-order valence-corrected chi connectivity index (χ3v) is 2.56. The van der Waals surface area contributed by atoms with Gasteiger partial charge >= 0.3 is 5.97 Å². The van der Waals surface area contributed by atoms with Crippen molar-refractivity contribution in [3.05, 3.63) is 11.6 Å². The fraction of sp³-hybridized carbons (Fsp3) is 0.750. The lowest BCUT2D eigenvalue weighted by atomic mass is 10.2. The Bertz CT molecular complexity index is 271. The number of allylic oxidation sites excluding steroid dienone is 1. The van der Waals surface area contributed by atoms with Crippen molar-refractivity contribution in [3.8, 4) is 0 Å². The van der Waals surface area contributed by atoms with Gasteiger partial charge in [0.05, 0.1) is 13.2 Å². The Labute approximate surface area is 97.2 Å². The van der Waals surface area contributed by atoms with Gasteiger partial charge in [-0.05, 0) is 20.8 Å². The Morgan fingerprint density at radius 1 is 1.50 bits per heavy atom. The first-order valence-corrected chi connectivity index (χ1v) is 5.62. The number of hydrogen-bond acceptors (Lipinski definition) is 4. The van der Waals surface area contributed by atoms with E-state index in [-0.39, 0.29) is 12.1 Å². The number of carbonyl (C=O) groups excluding carboxylic acids is 1. The van der Waals surface area contributed by atoms with E-state index in [1.54, 1.807) is 0 Å². The summed E-state index contributed by atoms with van der Waals surface area (Å²) in [5.74, 6) is -0.284. The van der Waals surface area contributed by atoms with Crippen LogP contribution in [0.5, 0.6) is 0 Å². The number of ether oxygens (including phenoxy) is 2. The van der Waals surface area contributed by atoms with E-state index in [1.165, 1.54) is 12.7 Å². The van der Waals surface area contributed by atoms with Gasteiger partial charge in [0, 0.05) is 19.6 Å². The first-order chi connectivity index (χ1) is 7.52. The minimum atomic E-state index is -0.445. The summed E-state index contributed by atoms with van der Waals surface area (Å²) >= 11 is 0. The molecule has 0 aromatic heterocycles. The molecule has 0 spiro atoms. The topological polar surface area (TPSA) is 38.8 Å². The molecular formula is C12H21NO3. The van der Waals surface area contributed by atoms with E-state index in [1.807, 2.05) is 6.92 Å². The molecule has 0 amide bonds. The average Bonchev–Trinajstić information content (AvgIpc) is 2.24. The second-order valence-corrected chi connectivity index (χ2v) is 4.46. The highest BCUT2D eigenvalue weighted by atomic mass is 16.6. The standard InChI is InChI=1S/C12H21NO3/c1-9(2)5-6-13-7-10(3)16-11(8-13)12(14)15-4/h5,10-11H,6-8H2,1-4H3/t10-,11+/m1/s1. The quantitative estimate of drug-likeness (QED) is 0.536. The van der Waals surface area contributed by atoms with Gasteiger partial charge in [0.25, 0.3) is 0 Å². The van der Waals surface area contributed by atoms with Crippen molar-refractivity contribution < 1.29 is 14.3 Å². The molecule has 2 atom stereocenters. The third kappa shape index (κ3) is 3.94. The van der Waals surface area contributed by atoms with Crippen LogP contribution in [-0.2, 0) is 14.3 Å². The van der Waals surface area contributed by atoms with Gasteiger partial charge < -0.3 is 9.47 Å². The zero-order chi connectivity index (χ0) is 12.1. The van der Waals surface area contributed by atoms with E-state index < -0.39 is 6.10 Å². The van der Waals surface area contributed by atoms with Crippen LogP contribution in [0.4, 0.5) is 0 Å². The summed E-state index contributed by atoms with van der Waals surface area (Å²) in [6.07, 6.45) is 1.79. The van der Waals surface area contributed by atoms with Crippen LogP contribution in [0.15, 0.2) is 11.6 Å². The normalized spacial score (nSPS) is 26.2. The molecule has 0 aromatic carbocycles. The molecule has 4 nitrogen and oxygen atoms in total. The molecule has 16 heavy (non-hydrogen) atoms. The van der Waals surface area contributed by atoms with Crippen LogP contribution in [0.3, 0.4) is 0 Å². The summed E-state index contributed by atoms with van der Waals surface area (Å²) in [5.41, 5.74) is 1.29. The zero-order valence-electron chi connectivity index (χ0n) is 10.5. The lowest BCUT2D eigenvalue weighted by molar-refractivity contribution is -0.165. The molecule has 0 saturated carbocycles. The molecule has 4 heteroatoms. The Morgan fingerprint density at radius 2 is 2.19 bits per heavy atom. The molecule has 0 radical (unpaired) electrons. The highest BCUT2D eigenvalue weighted by Crippen LogP contribution is 2.12. The SMILES string of the molecule is COC(=O)[C@@H]1CN(CC=C(C)C)C[C@@H](C)O1. The molecule has 0 N–H and O–H groups in total. The molecule has 92 valence electrons. The minimum Gasteiger partial charge on any atom is -0.467 e. The maximum atomic E-state index is 11.4. The summed E-state index contributed by atoms with van der Waals surface area (Å²) < 4.78 is 10.2. The van der Waals surface area contributed by atoms with E-state index in [4.69, 9.17) is 9.47 Å². The van der Waals surface area contributed by atoms with Crippen molar-refractivity contribution in [1.82, 2.24) is 4.90 Å². The molecule has 0 bridgehead atoms. The van der Waals surface area contributed by atoms with Crippen molar-refractivity contribution in [2.45, 2.75) is 33.0 Å². The number of carbonyl (C=O) groups is 1. The molecule has 0 aromatic rings. The zero-order valence-corrected chi connectivity index (χ0v) is 10.5. The minimum absolute atomic E-state index is 0.0726. The Hall–Kier alpha value is -0.870. The van der Waals surface area contributed by atoms with Crippen molar-refractivity contribution in [1.29, 1.82) is 0 Å². The summed E-state index contributed by atoms with van der Waals surface area (Å²) in [5, 5.41) is 0. The monoisotopic (exact) mass is 227 g/mol. The second-order valence-electron chi connectivity index (χ2n) is 4.46. The van der Waals surface area contributed by atoms with Gasteiger partial charge in [-0.1, -0.05) is 11.6 Å². The summed E-state index contributed by atoms with van der Waals surface area (Å²) in [6.45, 7) is 8.45. The lowest BCUT2D eigenvalue weighted by Crippen LogP contribution is -2.49. The van der Waals surface area contributed by atoms with Crippen LogP contribution in [0.25, 0.3) is 0 Å². The van der Waals surface area contributed by atoms with Crippen molar-refractivity contribution in [2.75, 3.05) is 26.7 Å². The molecule has 1 fully saturated rings. The molecule has 1 rings (SSSR count). The number of methoxy groups -OCH3 is 1. The van der Waals surface area contributed by atoms with Crippen LogP contribution in [0, 0.1) is 0 Å². The van der Waals surface area contributed by atoms with E-state index in [0.29, 0.717) is 6.54 Å². The van der Waals surface area contributed by atoms with Gasteiger partial charge in [-0.3, -0.25) is 4.90 Å². The van der Waals surface area contributed by atoms with Crippen molar-refractivity contribution in [3.63, 3.8) is 0 Å². The van der Waals surface area contributed by atoms with Gasteiger partial charge in [-0.15, -0.1) is 0 Å². The van der Waals surface area contributed by atoms with E-state index in [0.717, 1.165) is 13.1 Å². The molecule has 1 aliphatic heterocycles. The van der Waals surface area contributed by atoms with Gasteiger partial charge in [-0.25, -0.2) is 4.79 Å². The van der Waals surface area contributed by atoms with E-state index in [2.05, 4.69) is 24.8 Å². The van der Waals surface area contributed by atoms with Crippen LogP contribution < -0.4 is 0 Å².